The molecule has 128 valence electrons. The first-order chi connectivity index (χ1) is 11.5. The molecule has 0 radical (unpaired) electrons. The van der Waals surface area contributed by atoms with Gasteiger partial charge < -0.3 is 4.74 Å². The first-order valence-corrected chi connectivity index (χ1v) is 9.56. The van der Waals surface area contributed by atoms with Crippen molar-refractivity contribution in [2.45, 2.75) is 37.7 Å². The van der Waals surface area contributed by atoms with E-state index in [0.29, 0.717) is 36.7 Å². The van der Waals surface area contributed by atoms with Crippen molar-refractivity contribution >= 4 is 10.0 Å². The van der Waals surface area contributed by atoms with Crippen LogP contribution in [-0.4, -0.2) is 36.9 Å². The van der Waals surface area contributed by atoms with Gasteiger partial charge in [0, 0.05) is 25.4 Å². The standard InChI is InChI=1S/C18H22N2O3S/c1-14-6-7-17(15(2)13-14)24(21,22)20-11-8-16(9-12-20)23-18-5-3-4-10-19-18/h3-7,10,13,16H,8-9,11-12H2,1-2H3. The number of hydrogen-bond acceptors (Lipinski definition) is 4. The second-order valence-corrected chi connectivity index (χ2v) is 8.06. The maximum atomic E-state index is 12.9. The second kappa shape index (κ2) is 6.91. The topological polar surface area (TPSA) is 59.5 Å². The monoisotopic (exact) mass is 346 g/mol. The molecule has 1 fully saturated rings. The Bertz CT molecular complexity index is 798. The maximum absolute atomic E-state index is 12.9. The molecule has 0 N–H and O–H groups in total. The van der Waals surface area contributed by atoms with E-state index in [1.807, 2.05) is 44.2 Å². The highest BCUT2D eigenvalue weighted by Gasteiger charge is 2.31. The summed E-state index contributed by atoms with van der Waals surface area (Å²) in [6.45, 7) is 4.74. The molecule has 1 aliphatic heterocycles. The van der Waals surface area contributed by atoms with Crippen LogP contribution in [-0.2, 0) is 10.0 Å². The lowest BCUT2D eigenvalue weighted by molar-refractivity contribution is 0.130. The van der Waals surface area contributed by atoms with E-state index >= 15 is 0 Å². The van der Waals surface area contributed by atoms with E-state index in [-0.39, 0.29) is 6.10 Å². The predicted molar refractivity (Wildman–Crippen MR) is 92.6 cm³/mol. The number of piperidine rings is 1. The van der Waals surface area contributed by atoms with Gasteiger partial charge in [-0.05, 0) is 44.4 Å². The fourth-order valence-electron chi connectivity index (χ4n) is 3.01. The van der Waals surface area contributed by atoms with Crippen LogP contribution in [0.3, 0.4) is 0 Å². The Kier molecular flexibility index (Phi) is 4.87. The molecule has 0 atom stereocenters. The molecule has 1 aromatic carbocycles. The minimum atomic E-state index is -3.44. The minimum absolute atomic E-state index is 0.00506. The van der Waals surface area contributed by atoms with Gasteiger partial charge in [-0.25, -0.2) is 13.4 Å². The average Bonchev–Trinajstić information content (AvgIpc) is 2.56. The lowest BCUT2D eigenvalue weighted by Crippen LogP contribution is -2.42. The predicted octanol–water partition coefficient (Wildman–Crippen LogP) is 2.93. The van der Waals surface area contributed by atoms with Gasteiger partial charge in [0.25, 0.3) is 0 Å². The molecule has 0 spiro atoms. The first kappa shape index (κ1) is 16.9. The number of ether oxygens (including phenoxy) is 1. The van der Waals surface area contributed by atoms with Crippen LogP contribution in [0.2, 0.25) is 0 Å². The molecule has 1 aliphatic rings. The van der Waals surface area contributed by atoms with Crippen LogP contribution >= 0.6 is 0 Å². The summed E-state index contributed by atoms with van der Waals surface area (Å²) in [4.78, 5) is 4.55. The van der Waals surface area contributed by atoms with Crippen molar-refractivity contribution in [1.82, 2.24) is 9.29 Å². The Labute approximate surface area is 143 Å². The third kappa shape index (κ3) is 3.60. The largest absolute Gasteiger partial charge is 0.474 e. The molecule has 3 rings (SSSR count). The number of pyridine rings is 1. The van der Waals surface area contributed by atoms with Crippen molar-refractivity contribution in [1.29, 1.82) is 0 Å². The zero-order chi connectivity index (χ0) is 17.2. The van der Waals surface area contributed by atoms with Gasteiger partial charge in [0.15, 0.2) is 0 Å². The van der Waals surface area contributed by atoms with Crippen LogP contribution < -0.4 is 4.74 Å². The molecule has 5 nitrogen and oxygen atoms in total. The van der Waals surface area contributed by atoms with Gasteiger partial charge in [0.2, 0.25) is 15.9 Å². The zero-order valence-corrected chi connectivity index (χ0v) is 14.8. The van der Waals surface area contributed by atoms with Crippen molar-refractivity contribution in [2.24, 2.45) is 0 Å². The molecule has 0 amide bonds. The van der Waals surface area contributed by atoms with Gasteiger partial charge >= 0.3 is 0 Å². The fraction of sp³-hybridized carbons (Fsp3) is 0.389. The summed E-state index contributed by atoms with van der Waals surface area (Å²) in [5.74, 6) is 0.591. The number of nitrogens with zero attached hydrogens (tertiary/aromatic N) is 2. The molecule has 2 aromatic rings. The van der Waals surface area contributed by atoms with E-state index in [1.54, 1.807) is 16.6 Å². The first-order valence-electron chi connectivity index (χ1n) is 8.12. The Morgan fingerprint density at radius 2 is 1.88 bits per heavy atom. The second-order valence-electron chi connectivity index (χ2n) is 6.16. The van der Waals surface area contributed by atoms with Crippen molar-refractivity contribution in [3.63, 3.8) is 0 Å². The van der Waals surface area contributed by atoms with Crippen LogP contribution in [0.1, 0.15) is 24.0 Å². The van der Waals surface area contributed by atoms with E-state index in [1.165, 1.54) is 0 Å². The summed E-state index contributed by atoms with van der Waals surface area (Å²) in [5.41, 5.74) is 1.86. The molecule has 6 heteroatoms. The van der Waals surface area contributed by atoms with Crippen LogP contribution in [0.25, 0.3) is 0 Å². The van der Waals surface area contributed by atoms with Crippen molar-refractivity contribution < 1.29 is 13.2 Å². The molecule has 0 aliphatic carbocycles. The fourth-order valence-corrected chi connectivity index (χ4v) is 4.68. The number of benzene rings is 1. The molecule has 0 unspecified atom stereocenters. The molecule has 1 saturated heterocycles. The van der Waals surface area contributed by atoms with E-state index in [9.17, 15) is 8.42 Å². The highest BCUT2D eigenvalue weighted by atomic mass is 32.2. The van der Waals surface area contributed by atoms with E-state index < -0.39 is 10.0 Å². The normalized spacial score (nSPS) is 16.9. The Balaban J connectivity index is 1.67. The lowest BCUT2D eigenvalue weighted by Gasteiger charge is -2.31. The summed E-state index contributed by atoms with van der Waals surface area (Å²) >= 11 is 0. The summed E-state index contributed by atoms with van der Waals surface area (Å²) in [6.07, 6.45) is 3.03. The SMILES string of the molecule is Cc1ccc(S(=O)(=O)N2CCC(Oc3ccccn3)CC2)c(C)c1. The lowest BCUT2D eigenvalue weighted by atomic mass is 10.1. The molecule has 0 saturated carbocycles. The van der Waals surface area contributed by atoms with E-state index in [0.717, 1.165) is 11.1 Å². The summed E-state index contributed by atoms with van der Waals surface area (Å²) in [7, 11) is -3.44. The van der Waals surface area contributed by atoms with Crippen molar-refractivity contribution in [3.8, 4) is 5.88 Å². The highest BCUT2D eigenvalue weighted by molar-refractivity contribution is 7.89. The van der Waals surface area contributed by atoms with E-state index in [4.69, 9.17) is 4.74 Å². The minimum Gasteiger partial charge on any atom is -0.474 e. The van der Waals surface area contributed by atoms with Gasteiger partial charge in [-0.3, -0.25) is 0 Å². The molecule has 2 heterocycles. The Morgan fingerprint density at radius 1 is 1.12 bits per heavy atom. The number of aromatic nitrogens is 1. The number of sulfonamides is 1. The van der Waals surface area contributed by atoms with Crippen LogP contribution in [0.4, 0.5) is 0 Å². The maximum Gasteiger partial charge on any atom is 0.243 e. The Morgan fingerprint density at radius 3 is 2.50 bits per heavy atom. The summed E-state index contributed by atoms with van der Waals surface area (Å²) in [5, 5.41) is 0. The van der Waals surface area contributed by atoms with Crippen LogP contribution in [0.15, 0.2) is 47.5 Å². The summed E-state index contributed by atoms with van der Waals surface area (Å²) in [6, 6.07) is 11.0. The van der Waals surface area contributed by atoms with Crippen molar-refractivity contribution in [2.75, 3.05) is 13.1 Å². The number of rotatable bonds is 4. The van der Waals surface area contributed by atoms with Crippen molar-refractivity contribution in [3.05, 3.63) is 53.7 Å². The highest BCUT2D eigenvalue weighted by Crippen LogP contribution is 2.25. The van der Waals surface area contributed by atoms with Gasteiger partial charge in [0.1, 0.15) is 6.10 Å². The molecule has 1 aromatic heterocycles. The van der Waals surface area contributed by atoms with Gasteiger partial charge in [0.05, 0.1) is 4.90 Å². The molecule has 0 bridgehead atoms. The van der Waals surface area contributed by atoms with Crippen LogP contribution in [0.5, 0.6) is 5.88 Å². The summed E-state index contributed by atoms with van der Waals surface area (Å²) < 4.78 is 33.1. The average molecular weight is 346 g/mol. The van der Waals surface area contributed by atoms with Gasteiger partial charge in [-0.1, -0.05) is 23.8 Å². The molecular formula is C18H22N2O3S. The quantitative estimate of drug-likeness (QED) is 0.854. The van der Waals surface area contributed by atoms with E-state index in [2.05, 4.69) is 4.98 Å². The van der Waals surface area contributed by atoms with Gasteiger partial charge in [-0.15, -0.1) is 0 Å². The third-order valence-electron chi connectivity index (χ3n) is 4.27. The van der Waals surface area contributed by atoms with Crippen LogP contribution in [0, 0.1) is 13.8 Å². The van der Waals surface area contributed by atoms with Gasteiger partial charge in [-0.2, -0.15) is 4.31 Å². The number of aryl methyl sites for hydroxylation is 2. The third-order valence-corrected chi connectivity index (χ3v) is 6.33. The molecule has 24 heavy (non-hydrogen) atoms. The smallest absolute Gasteiger partial charge is 0.243 e. The zero-order valence-electron chi connectivity index (χ0n) is 14.0. The number of hydrogen-bond donors (Lipinski definition) is 0. The Hall–Kier alpha value is -1.92. The molecular weight excluding hydrogens is 324 g/mol.